The van der Waals surface area contributed by atoms with Crippen LogP contribution in [0.5, 0.6) is 0 Å². The van der Waals surface area contributed by atoms with Gasteiger partial charge in [-0.1, -0.05) is 13.8 Å². The summed E-state index contributed by atoms with van der Waals surface area (Å²) in [5.41, 5.74) is 1.10. The minimum atomic E-state index is 0.0833. The average molecular weight is 181 g/mol. The topological polar surface area (TPSA) is 22.0 Å². The van der Waals surface area contributed by atoms with Gasteiger partial charge in [-0.3, -0.25) is 4.79 Å². The van der Waals surface area contributed by atoms with E-state index in [1.807, 2.05) is 46.9 Å². The van der Waals surface area contributed by atoms with Crippen molar-refractivity contribution in [2.24, 2.45) is 0 Å². The van der Waals surface area contributed by atoms with Crippen molar-refractivity contribution in [3.05, 3.63) is 34.2 Å². The number of aromatic nitrogens is 1. The Morgan fingerprint density at radius 1 is 1.31 bits per heavy atom. The number of hydrogen-bond acceptors (Lipinski definition) is 1. The van der Waals surface area contributed by atoms with E-state index in [0.717, 1.165) is 5.56 Å². The second kappa shape index (κ2) is 5.57. The van der Waals surface area contributed by atoms with Crippen molar-refractivity contribution in [2.75, 3.05) is 0 Å². The molecule has 0 aromatic carbocycles. The Hall–Kier alpha value is -1.05. The maximum atomic E-state index is 11.2. The molecule has 2 heteroatoms. The number of hydrogen-bond donors (Lipinski definition) is 0. The first-order chi connectivity index (χ1) is 6.11. The normalized spacial score (nSPS) is 9.38. The lowest BCUT2D eigenvalue weighted by molar-refractivity contribution is 0.577. The van der Waals surface area contributed by atoms with E-state index in [2.05, 4.69) is 0 Å². The van der Waals surface area contributed by atoms with Gasteiger partial charge in [0.1, 0.15) is 0 Å². The first-order valence-electron chi connectivity index (χ1n) is 4.80. The molecule has 74 valence electrons. The molecule has 0 aliphatic heterocycles. The van der Waals surface area contributed by atoms with Gasteiger partial charge in [-0.05, 0) is 32.4 Å². The predicted molar refractivity (Wildman–Crippen MR) is 57.2 cm³/mol. The summed E-state index contributed by atoms with van der Waals surface area (Å²) in [4.78, 5) is 11.2. The highest BCUT2D eigenvalue weighted by atomic mass is 16.1. The minimum Gasteiger partial charge on any atom is -0.313 e. The van der Waals surface area contributed by atoms with Crippen LogP contribution in [0.3, 0.4) is 0 Å². The van der Waals surface area contributed by atoms with Gasteiger partial charge in [-0.2, -0.15) is 0 Å². The quantitative estimate of drug-likeness (QED) is 0.653. The Labute approximate surface area is 80.2 Å². The van der Waals surface area contributed by atoms with Crippen LogP contribution in [0.4, 0.5) is 0 Å². The van der Waals surface area contributed by atoms with Crippen molar-refractivity contribution in [3.63, 3.8) is 0 Å². The molecule has 1 heterocycles. The lowest BCUT2D eigenvalue weighted by Gasteiger charge is -2.08. The molecule has 2 nitrogen and oxygen atoms in total. The SMILES string of the molecule is CC.Cc1ccn(C(C)C)c(=O)c1. The van der Waals surface area contributed by atoms with E-state index in [4.69, 9.17) is 0 Å². The molecule has 1 aromatic heterocycles. The summed E-state index contributed by atoms with van der Waals surface area (Å²) >= 11 is 0. The van der Waals surface area contributed by atoms with Crippen LogP contribution < -0.4 is 5.56 Å². The summed E-state index contributed by atoms with van der Waals surface area (Å²) in [6, 6.07) is 3.85. The van der Waals surface area contributed by atoms with Crippen LogP contribution in [0.1, 0.15) is 39.3 Å². The molecule has 0 fully saturated rings. The van der Waals surface area contributed by atoms with E-state index in [0.29, 0.717) is 0 Å². The van der Waals surface area contributed by atoms with Crippen molar-refractivity contribution in [3.8, 4) is 0 Å². The molecular weight excluding hydrogens is 162 g/mol. The van der Waals surface area contributed by atoms with Crippen molar-refractivity contribution < 1.29 is 0 Å². The van der Waals surface area contributed by atoms with Crippen LogP contribution in [-0.2, 0) is 0 Å². The van der Waals surface area contributed by atoms with Crippen LogP contribution in [-0.4, -0.2) is 4.57 Å². The zero-order valence-corrected chi connectivity index (χ0v) is 9.16. The Balaban J connectivity index is 0.000000671. The third-order valence-corrected chi connectivity index (χ3v) is 1.66. The summed E-state index contributed by atoms with van der Waals surface area (Å²) in [5, 5.41) is 0. The maximum absolute atomic E-state index is 11.2. The molecular formula is C11H19NO. The fourth-order valence-electron chi connectivity index (χ4n) is 1.02. The van der Waals surface area contributed by atoms with Crippen molar-refractivity contribution in [1.29, 1.82) is 0 Å². The Bertz CT molecular complexity index is 299. The second-order valence-electron chi connectivity index (χ2n) is 3.04. The van der Waals surface area contributed by atoms with Gasteiger partial charge in [0.15, 0.2) is 0 Å². The van der Waals surface area contributed by atoms with E-state index in [1.54, 1.807) is 10.6 Å². The third kappa shape index (κ3) is 3.45. The Morgan fingerprint density at radius 3 is 2.23 bits per heavy atom. The van der Waals surface area contributed by atoms with Gasteiger partial charge in [0.05, 0.1) is 0 Å². The number of nitrogens with zero attached hydrogens (tertiary/aromatic N) is 1. The summed E-state index contributed by atoms with van der Waals surface area (Å²) in [7, 11) is 0. The molecule has 0 saturated carbocycles. The summed E-state index contributed by atoms with van der Waals surface area (Å²) < 4.78 is 1.72. The molecule has 0 radical (unpaired) electrons. The minimum absolute atomic E-state index is 0.0833. The van der Waals surface area contributed by atoms with Gasteiger partial charge in [0.2, 0.25) is 0 Å². The molecule has 0 aliphatic carbocycles. The highest BCUT2D eigenvalue weighted by Crippen LogP contribution is 1.99. The third-order valence-electron chi connectivity index (χ3n) is 1.66. The molecule has 0 atom stereocenters. The molecule has 0 amide bonds. The predicted octanol–water partition coefficient (Wildman–Crippen LogP) is 2.76. The van der Waals surface area contributed by atoms with E-state index >= 15 is 0 Å². The number of rotatable bonds is 1. The average Bonchev–Trinajstić information content (AvgIpc) is 2.07. The van der Waals surface area contributed by atoms with Gasteiger partial charge in [-0.15, -0.1) is 0 Å². The number of pyridine rings is 1. The highest BCUT2D eigenvalue weighted by Gasteiger charge is 1.98. The maximum Gasteiger partial charge on any atom is 0.251 e. The molecule has 1 rings (SSSR count). The lowest BCUT2D eigenvalue weighted by atomic mass is 10.3. The lowest BCUT2D eigenvalue weighted by Crippen LogP contribution is -2.20. The zero-order valence-electron chi connectivity index (χ0n) is 9.16. The summed E-state index contributed by atoms with van der Waals surface area (Å²) in [6.45, 7) is 9.92. The highest BCUT2D eigenvalue weighted by molar-refractivity contribution is 5.08. The molecule has 1 aromatic rings. The standard InChI is InChI=1S/C9H13NO.C2H6/c1-7(2)10-5-4-8(3)6-9(10)11;1-2/h4-7H,1-3H3;1-2H3. The molecule has 0 spiro atoms. The summed E-state index contributed by atoms with van der Waals surface area (Å²) in [6.07, 6.45) is 1.84. The smallest absolute Gasteiger partial charge is 0.251 e. The molecule has 0 bridgehead atoms. The van der Waals surface area contributed by atoms with Gasteiger partial charge >= 0.3 is 0 Å². The van der Waals surface area contributed by atoms with Crippen molar-refractivity contribution in [1.82, 2.24) is 4.57 Å². The van der Waals surface area contributed by atoms with Gasteiger partial charge in [0.25, 0.3) is 5.56 Å². The fourth-order valence-corrected chi connectivity index (χ4v) is 1.02. The van der Waals surface area contributed by atoms with Crippen LogP contribution in [0, 0.1) is 6.92 Å². The van der Waals surface area contributed by atoms with E-state index in [9.17, 15) is 4.79 Å². The molecule has 13 heavy (non-hydrogen) atoms. The van der Waals surface area contributed by atoms with Crippen LogP contribution >= 0.6 is 0 Å². The first kappa shape index (κ1) is 11.9. The van der Waals surface area contributed by atoms with E-state index in [-0.39, 0.29) is 11.6 Å². The Morgan fingerprint density at radius 2 is 1.85 bits per heavy atom. The number of aryl methyl sites for hydroxylation is 1. The van der Waals surface area contributed by atoms with Gasteiger partial charge in [0, 0.05) is 18.3 Å². The fraction of sp³-hybridized carbons (Fsp3) is 0.545. The van der Waals surface area contributed by atoms with Gasteiger partial charge in [-0.25, -0.2) is 0 Å². The van der Waals surface area contributed by atoms with Crippen LogP contribution in [0.2, 0.25) is 0 Å². The van der Waals surface area contributed by atoms with Gasteiger partial charge < -0.3 is 4.57 Å². The first-order valence-corrected chi connectivity index (χ1v) is 4.80. The van der Waals surface area contributed by atoms with Crippen molar-refractivity contribution in [2.45, 2.75) is 40.7 Å². The Kier molecular flexibility index (Phi) is 5.12. The molecule has 0 N–H and O–H groups in total. The van der Waals surface area contributed by atoms with Crippen LogP contribution in [0.25, 0.3) is 0 Å². The van der Waals surface area contributed by atoms with Crippen molar-refractivity contribution >= 4 is 0 Å². The van der Waals surface area contributed by atoms with E-state index in [1.165, 1.54) is 0 Å². The molecule has 0 unspecified atom stereocenters. The molecule has 0 aliphatic rings. The summed E-state index contributed by atoms with van der Waals surface area (Å²) in [5.74, 6) is 0. The second-order valence-corrected chi connectivity index (χ2v) is 3.04. The van der Waals surface area contributed by atoms with Crippen LogP contribution in [0.15, 0.2) is 23.1 Å². The zero-order chi connectivity index (χ0) is 10.4. The largest absolute Gasteiger partial charge is 0.313 e. The molecule has 0 saturated heterocycles. The monoisotopic (exact) mass is 181 g/mol. The van der Waals surface area contributed by atoms with E-state index < -0.39 is 0 Å².